The van der Waals surface area contributed by atoms with Crippen LogP contribution in [0.25, 0.3) is 21.6 Å². The number of nitrogens with zero attached hydrogens (tertiary/aromatic N) is 3. The van der Waals surface area contributed by atoms with Gasteiger partial charge in [0.1, 0.15) is 28.3 Å². The molecule has 6 atom stereocenters. The second kappa shape index (κ2) is 15.0. The summed E-state index contributed by atoms with van der Waals surface area (Å²) in [5, 5.41) is 2.96. The highest BCUT2D eigenvalue weighted by atomic mass is 32.2. The van der Waals surface area contributed by atoms with Crippen LogP contribution >= 0.6 is 11.3 Å². The van der Waals surface area contributed by atoms with E-state index < -0.39 is 50.7 Å². The Morgan fingerprint density at radius 3 is 2.59 bits per heavy atom. The lowest BCUT2D eigenvalue weighted by molar-refractivity contribution is -0.140. The van der Waals surface area contributed by atoms with Gasteiger partial charge >= 0.3 is 0 Å². The van der Waals surface area contributed by atoms with E-state index in [-0.39, 0.29) is 36.5 Å². The number of carbonyl (C=O) groups excluding carboxylic acids is 3. The van der Waals surface area contributed by atoms with Gasteiger partial charge in [0.05, 0.1) is 47.6 Å². The Hall–Kier alpha value is -3.88. The zero-order valence-electron chi connectivity index (χ0n) is 31.7. The lowest BCUT2D eigenvalue weighted by Gasteiger charge is -2.29. The monoisotopic (exact) mass is 777 g/mol. The van der Waals surface area contributed by atoms with E-state index >= 15 is 0 Å². The molecule has 0 spiro atoms. The normalized spacial score (nSPS) is 28.6. The Bertz CT molecular complexity index is 2090. The SMILES string of the molecule is COc1ccc2c(O[C@H]3CN4C(=O)[C@@H](N)CCCCC/C=C\[C@@H]5C[C@@]5(C(=O)NS(=O)(=O)C5CC5)CC(=O)[C@@H]4[C@@H]3C)cc(-c3nc(C(C)C)cs3)nc2c1C. The molecule has 2 aromatic heterocycles. The Morgan fingerprint density at radius 1 is 1.11 bits per heavy atom. The summed E-state index contributed by atoms with van der Waals surface area (Å²) in [5.41, 5.74) is 8.46. The summed E-state index contributed by atoms with van der Waals surface area (Å²) < 4.78 is 40.6. The molecule has 2 aliphatic heterocycles. The Balaban J connectivity index is 1.24. The van der Waals surface area contributed by atoms with Crippen LogP contribution < -0.4 is 19.9 Å². The maximum atomic E-state index is 14.6. The van der Waals surface area contributed by atoms with Crippen LogP contribution in [0.5, 0.6) is 11.5 Å². The van der Waals surface area contributed by atoms with Crippen molar-refractivity contribution in [2.45, 2.75) is 115 Å². The predicted molar refractivity (Wildman–Crippen MR) is 208 cm³/mol. The van der Waals surface area contributed by atoms with Gasteiger partial charge in [0.25, 0.3) is 0 Å². The number of ether oxygens (including phenoxy) is 2. The standard InChI is InChI=1S/C40H51N5O7S2/c1-22(2)30-21-53-37(43-30)29-17-33(27-15-16-32(51-5)23(3)35(27)42-29)52-34-20-45-36(24(34)4)31(46)19-40(39(48)44-54(49,50)26-13-14-26)18-25(40)11-9-7-6-8-10-12-28(41)38(45)47/h9,11,15-17,21-22,24-26,28,34,36H,6-8,10,12-14,18-20,41H2,1-5H3,(H,44,48)/b11-9-/t24-,25-,28+,34+,36+,40-/m1/s1. The van der Waals surface area contributed by atoms with E-state index in [9.17, 15) is 22.8 Å². The van der Waals surface area contributed by atoms with Gasteiger partial charge in [0.2, 0.25) is 21.8 Å². The third-order valence-electron chi connectivity index (χ3n) is 11.7. The van der Waals surface area contributed by atoms with Crippen molar-refractivity contribution in [3.8, 4) is 22.2 Å². The molecule has 1 aromatic carbocycles. The van der Waals surface area contributed by atoms with Crippen LogP contribution in [0.15, 0.2) is 35.7 Å². The van der Waals surface area contributed by atoms with Gasteiger partial charge in [0.15, 0.2) is 5.78 Å². The summed E-state index contributed by atoms with van der Waals surface area (Å²) in [6.07, 6.45) is 8.39. The number of amides is 2. The van der Waals surface area contributed by atoms with Gasteiger partial charge in [-0.05, 0) is 69.4 Å². The molecule has 0 unspecified atom stereocenters. The van der Waals surface area contributed by atoms with Crippen molar-refractivity contribution < 1.29 is 32.3 Å². The second-order valence-corrected chi connectivity index (χ2v) is 18.8. The van der Waals surface area contributed by atoms with Crippen molar-refractivity contribution in [2.75, 3.05) is 13.7 Å². The number of Topliss-reactive ketones (excluding diaryl/α,β-unsaturated/α-hetero) is 1. The van der Waals surface area contributed by atoms with E-state index in [0.717, 1.165) is 47.3 Å². The van der Waals surface area contributed by atoms with Crippen molar-refractivity contribution >= 4 is 49.9 Å². The molecule has 12 nitrogen and oxygen atoms in total. The van der Waals surface area contributed by atoms with E-state index in [1.165, 1.54) is 11.3 Å². The summed E-state index contributed by atoms with van der Waals surface area (Å²) >= 11 is 1.51. The molecule has 54 heavy (non-hydrogen) atoms. The summed E-state index contributed by atoms with van der Waals surface area (Å²) in [7, 11) is -2.21. The summed E-state index contributed by atoms with van der Waals surface area (Å²) in [6, 6.07) is 3.92. The molecule has 4 aliphatic rings. The first-order valence-corrected chi connectivity index (χ1v) is 21.6. The van der Waals surface area contributed by atoms with Crippen LogP contribution in [-0.4, -0.2) is 78.0 Å². The van der Waals surface area contributed by atoms with Crippen LogP contribution in [-0.2, 0) is 24.4 Å². The fourth-order valence-corrected chi connectivity index (χ4v) is 10.4. The minimum absolute atomic E-state index is 0.117. The molecular formula is C40H51N5O7S2. The summed E-state index contributed by atoms with van der Waals surface area (Å²) in [5.74, 6) is -0.560. The summed E-state index contributed by atoms with van der Waals surface area (Å²) in [4.78, 5) is 54.0. The van der Waals surface area contributed by atoms with Crippen LogP contribution in [0.3, 0.4) is 0 Å². The van der Waals surface area contributed by atoms with Crippen molar-refractivity contribution in [1.29, 1.82) is 0 Å². The highest BCUT2D eigenvalue weighted by Crippen LogP contribution is 2.57. The number of nitrogens with one attached hydrogen (secondary N) is 1. The molecule has 3 aromatic rings. The molecule has 2 saturated carbocycles. The van der Waals surface area contributed by atoms with Crippen LogP contribution in [0.2, 0.25) is 0 Å². The van der Waals surface area contributed by atoms with Crippen molar-refractivity contribution in [3.63, 3.8) is 0 Å². The van der Waals surface area contributed by atoms with E-state index in [1.54, 1.807) is 12.0 Å². The number of pyridine rings is 1. The first-order chi connectivity index (χ1) is 25.7. The Kier molecular flexibility index (Phi) is 10.7. The topological polar surface area (TPSA) is 171 Å². The van der Waals surface area contributed by atoms with E-state index in [4.69, 9.17) is 25.2 Å². The van der Waals surface area contributed by atoms with Gasteiger partial charge in [-0.15, -0.1) is 11.3 Å². The zero-order valence-corrected chi connectivity index (χ0v) is 33.3. The molecule has 7 rings (SSSR count). The molecule has 290 valence electrons. The molecule has 1 saturated heterocycles. The third-order valence-corrected chi connectivity index (χ3v) is 14.4. The molecule has 0 radical (unpaired) electrons. The molecule has 2 amide bonds. The molecule has 14 heteroatoms. The third kappa shape index (κ3) is 7.40. The quantitative estimate of drug-likeness (QED) is 0.266. The van der Waals surface area contributed by atoms with Gasteiger partial charge in [-0.25, -0.2) is 18.4 Å². The molecule has 0 bridgehead atoms. The highest BCUT2D eigenvalue weighted by molar-refractivity contribution is 7.90. The number of aromatic nitrogens is 2. The van der Waals surface area contributed by atoms with Crippen molar-refractivity contribution in [3.05, 3.63) is 47.0 Å². The van der Waals surface area contributed by atoms with E-state index in [0.29, 0.717) is 48.4 Å². The number of fused-ring (bicyclic) bond motifs is 3. The minimum Gasteiger partial charge on any atom is -0.496 e. The van der Waals surface area contributed by atoms with Gasteiger partial charge < -0.3 is 20.1 Å². The van der Waals surface area contributed by atoms with Crippen molar-refractivity contribution in [2.24, 2.45) is 23.0 Å². The maximum absolute atomic E-state index is 14.6. The number of hydrogen-bond donors (Lipinski definition) is 2. The molecular weight excluding hydrogens is 727 g/mol. The number of rotatable bonds is 8. The van der Waals surface area contributed by atoms with Gasteiger partial charge in [0, 0.05) is 34.7 Å². The first kappa shape index (κ1) is 38.4. The number of aryl methyl sites for hydroxylation is 1. The number of benzene rings is 1. The number of allylic oxidation sites excluding steroid dienone is 2. The Morgan fingerprint density at radius 2 is 1.89 bits per heavy atom. The molecule has 3 fully saturated rings. The number of sulfonamides is 1. The minimum atomic E-state index is -3.82. The van der Waals surface area contributed by atoms with Gasteiger partial charge in [-0.1, -0.05) is 45.8 Å². The van der Waals surface area contributed by atoms with Gasteiger partial charge in [-0.3, -0.25) is 19.1 Å². The number of methoxy groups -OCH3 is 1. The van der Waals surface area contributed by atoms with E-state index in [1.807, 2.05) is 49.6 Å². The highest BCUT2D eigenvalue weighted by Gasteiger charge is 2.62. The lowest BCUT2D eigenvalue weighted by atomic mass is 9.87. The fourth-order valence-electron chi connectivity index (χ4n) is 8.08. The Labute approximate surface area is 321 Å². The molecule has 2 aliphatic carbocycles. The van der Waals surface area contributed by atoms with Crippen LogP contribution in [0.1, 0.15) is 95.7 Å². The lowest BCUT2D eigenvalue weighted by Crippen LogP contribution is -2.50. The molecule has 4 heterocycles. The predicted octanol–water partition coefficient (Wildman–Crippen LogP) is 5.81. The van der Waals surface area contributed by atoms with E-state index in [2.05, 4.69) is 18.6 Å². The average molecular weight is 778 g/mol. The number of ketones is 1. The second-order valence-electron chi connectivity index (χ2n) is 15.9. The summed E-state index contributed by atoms with van der Waals surface area (Å²) in [6.45, 7) is 8.13. The first-order valence-electron chi connectivity index (χ1n) is 19.2. The number of carbonyl (C=O) groups is 3. The zero-order chi connectivity index (χ0) is 38.5. The van der Waals surface area contributed by atoms with Crippen LogP contribution in [0.4, 0.5) is 0 Å². The fraction of sp³-hybridized carbons (Fsp3) is 0.575. The largest absolute Gasteiger partial charge is 0.496 e. The number of hydrogen-bond acceptors (Lipinski definition) is 11. The van der Waals surface area contributed by atoms with Crippen LogP contribution in [0, 0.1) is 24.2 Å². The van der Waals surface area contributed by atoms with Gasteiger partial charge in [-0.2, -0.15) is 0 Å². The number of thiazole rings is 1. The molecule has 3 N–H and O–H groups in total. The average Bonchev–Trinajstić information content (AvgIpc) is 4.03. The maximum Gasteiger partial charge on any atom is 0.240 e. The smallest absolute Gasteiger partial charge is 0.240 e. The number of nitrogens with two attached hydrogens (primary N) is 1. The van der Waals surface area contributed by atoms with Crippen molar-refractivity contribution in [1.82, 2.24) is 19.6 Å².